The molecule has 6 heteroatoms. The van der Waals surface area contributed by atoms with Gasteiger partial charge in [-0.3, -0.25) is 9.59 Å². The van der Waals surface area contributed by atoms with Gasteiger partial charge in [0.1, 0.15) is 5.82 Å². The number of allylic oxidation sites excluding steroid dienone is 1. The summed E-state index contributed by atoms with van der Waals surface area (Å²) < 4.78 is 0. The molecule has 0 radical (unpaired) electrons. The van der Waals surface area contributed by atoms with Crippen LogP contribution < -0.4 is 4.90 Å². The Morgan fingerprint density at radius 1 is 1.09 bits per heavy atom. The Hall–Kier alpha value is -2.89. The van der Waals surface area contributed by atoms with E-state index >= 15 is 0 Å². The van der Waals surface area contributed by atoms with E-state index in [-0.39, 0.29) is 11.8 Å². The van der Waals surface area contributed by atoms with Crippen LogP contribution in [0.25, 0.3) is 10.9 Å². The maximum atomic E-state index is 13.3. The SMILES string of the molecule is CC(=O)N1CCN(c2nc3ccc(C)cc3cc2CN(CCC2=CCCCC2)C(=O)C2CC2)CC1. The van der Waals surface area contributed by atoms with Crippen LogP contribution in [0.5, 0.6) is 0 Å². The molecule has 1 aromatic heterocycles. The number of amides is 2. The number of carbonyl (C=O) groups excluding carboxylic acids is 2. The van der Waals surface area contributed by atoms with E-state index in [1.165, 1.54) is 36.8 Å². The predicted molar refractivity (Wildman–Crippen MR) is 140 cm³/mol. The third-order valence-electron chi connectivity index (χ3n) is 7.74. The largest absolute Gasteiger partial charge is 0.353 e. The number of piperazine rings is 1. The van der Waals surface area contributed by atoms with E-state index in [1.54, 1.807) is 6.92 Å². The number of benzene rings is 1. The smallest absolute Gasteiger partial charge is 0.225 e. The van der Waals surface area contributed by atoms with Crippen LogP contribution in [0.1, 0.15) is 63.0 Å². The molecule has 0 spiro atoms. The van der Waals surface area contributed by atoms with Crippen LogP contribution in [-0.2, 0) is 16.1 Å². The highest BCUT2D eigenvalue weighted by atomic mass is 16.2. The van der Waals surface area contributed by atoms with Crippen molar-refractivity contribution in [2.75, 3.05) is 37.6 Å². The average molecular weight is 475 g/mol. The van der Waals surface area contributed by atoms with Gasteiger partial charge in [0, 0.05) is 63.1 Å². The van der Waals surface area contributed by atoms with Gasteiger partial charge in [-0.05, 0) is 70.1 Å². The highest BCUT2D eigenvalue weighted by Gasteiger charge is 2.34. The Morgan fingerprint density at radius 3 is 2.57 bits per heavy atom. The zero-order chi connectivity index (χ0) is 24.4. The van der Waals surface area contributed by atoms with E-state index in [0.29, 0.717) is 25.5 Å². The Labute approximate surface area is 209 Å². The molecule has 1 saturated heterocycles. The summed E-state index contributed by atoms with van der Waals surface area (Å²) >= 11 is 0. The predicted octanol–water partition coefficient (Wildman–Crippen LogP) is 4.84. The van der Waals surface area contributed by atoms with Crippen LogP contribution in [0.15, 0.2) is 35.9 Å². The van der Waals surface area contributed by atoms with Gasteiger partial charge in [-0.2, -0.15) is 0 Å². The zero-order valence-electron chi connectivity index (χ0n) is 21.3. The van der Waals surface area contributed by atoms with E-state index in [0.717, 1.165) is 61.2 Å². The van der Waals surface area contributed by atoms with Gasteiger partial charge >= 0.3 is 0 Å². The van der Waals surface area contributed by atoms with Gasteiger partial charge < -0.3 is 14.7 Å². The van der Waals surface area contributed by atoms with Crippen LogP contribution in [0.3, 0.4) is 0 Å². The number of aromatic nitrogens is 1. The first-order chi connectivity index (χ1) is 17.0. The second-order valence-electron chi connectivity index (χ2n) is 10.6. The van der Waals surface area contributed by atoms with Gasteiger partial charge in [0.05, 0.1) is 5.52 Å². The van der Waals surface area contributed by atoms with Crippen molar-refractivity contribution in [2.45, 2.75) is 65.3 Å². The Kier molecular flexibility index (Phi) is 7.07. The lowest BCUT2D eigenvalue weighted by Gasteiger charge is -2.36. The number of nitrogens with zero attached hydrogens (tertiary/aromatic N) is 4. The van der Waals surface area contributed by atoms with Crippen LogP contribution in [0, 0.1) is 12.8 Å². The number of aryl methyl sites for hydroxylation is 1. The summed E-state index contributed by atoms with van der Waals surface area (Å²) in [6, 6.07) is 8.62. The molecule has 0 bridgehead atoms. The van der Waals surface area contributed by atoms with Gasteiger partial charge in [0.15, 0.2) is 0 Å². The fraction of sp³-hybridized carbons (Fsp3) is 0.552. The molecule has 5 rings (SSSR count). The first-order valence-electron chi connectivity index (χ1n) is 13.4. The molecule has 2 amide bonds. The molecule has 1 saturated carbocycles. The van der Waals surface area contributed by atoms with E-state index in [4.69, 9.17) is 4.98 Å². The summed E-state index contributed by atoms with van der Waals surface area (Å²) in [4.78, 5) is 36.6. The highest BCUT2D eigenvalue weighted by molar-refractivity contribution is 5.84. The first-order valence-corrected chi connectivity index (χ1v) is 13.4. The fourth-order valence-corrected chi connectivity index (χ4v) is 5.42. The van der Waals surface area contributed by atoms with Crippen molar-refractivity contribution in [1.82, 2.24) is 14.8 Å². The normalized spacial score (nSPS) is 18.5. The van der Waals surface area contributed by atoms with E-state index in [1.807, 2.05) is 4.90 Å². The summed E-state index contributed by atoms with van der Waals surface area (Å²) in [5.41, 5.74) is 4.82. The molecule has 1 aliphatic heterocycles. The van der Waals surface area contributed by atoms with E-state index in [9.17, 15) is 9.59 Å². The Bertz CT molecular complexity index is 1130. The molecular formula is C29H38N4O2. The van der Waals surface area contributed by atoms with Gasteiger partial charge in [0.25, 0.3) is 0 Å². The molecule has 0 atom stereocenters. The standard InChI is InChI=1S/C29H38N4O2/c1-21-8-11-27-25(18-21)19-26(28(30-27)32-16-14-31(15-17-32)22(2)34)20-33(29(35)24-9-10-24)13-12-23-6-4-3-5-7-23/h6,8,11,18-19,24H,3-5,7,9-10,12-17,20H2,1-2H3. The molecule has 2 aromatic rings. The summed E-state index contributed by atoms with van der Waals surface area (Å²) in [6.45, 7) is 8.07. The minimum absolute atomic E-state index is 0.130. The lowest BCUT2D eigenvalue weighted by atomic mass is 9.97. The van der Waals surface area contributed by atoms with Crippen molar-refractivity contribution in [3.8, 4) is 0 Å². The number of hydrogen-bond donors (Lipinski definition) is 0. The molecule has 2 aliphatic carbocycles. The minimum atomic E-state index is 0.130. The van der Waals surface area contributed by atoms with Crippen molar-refractivity contribution >= 4 is 28.5 Å². The van der Waals surface area contributed by atoms with Crippen LogP contribution >= 0.6 is 0 Å². The molecule has 35 heavy (non-hydrogen) atoms. The fourth-order valence-electron chi connectivity index (χ4n) is 5.42. The lowest BCUT2D eigenvalue weighted by molar-refractivity contribution is -0.133. The van der Waals surface area contributed by atoms with Gasteiger partial charge in [-0.25, -0.2) is 4.98 Å². The zero-order valence-corrected chi connectivity index (χ0v) is 21.3. The molecule has 0 unspecified atom stereocenters. The summed E-state index contributed by atoms with van der Waals surface area (Å²) in [5.74, 6) is 1.60. The first kappa shape index (κ1) is 23.8. The Balaban J connectivity index is 1.43. The van der Waals surface area contributed by atoms with Gasteiger partial charge in [-0.1, -0.05) is 23.3 Å². The topological polar surface area (TPSA) is 56.8 Å². The van der Waals surface area contributed by atoms with Crippen LogP contribution in [-0.4, -0.2) is 59.3 Å². The van der Waals surface area contributed by atoms with Crippen molar-refractivity contribution in [3.05, 3.63) is 47.0 Å². The second kappa shape index (κ2) is 10.4. The number of hydrogen-bond acceptors (Lipinski definition) is 4. The third kappa shape index (κ3) is 5.68. The van der Waals surface area contributed by atoms with E-state index < -0.39 is 0 Å². The minimum Gasteiger partial charge on any atom is -0.353 e. The second-order valence-corrected chi connectivity index (χ2v) is 10.6. The maximum absolute atomic E-state index is 13.3. The van der Waals surface area contributed by atoms with Crippen LogP contribution in [0.2, 0.25) is 0 Å². The van der Waals surface area contributed by atoms with Crippen molar-refractivity contribution in [1.29, 1.82) is 0 Å². The molecule has 1 aromatic carbocycles. The molecule has 186 valence electrons. The van der Waals surface area contributed by atoms with Gasteiger partial charge in [0.2, 0.25) is 11.8 Å². The van der Waals surface area contributed by atoms with Crippen LogP contribution in [0.4, 0.5) is 5.82 Å². The summed E-state index contributed by atoms with van der Waals surface area (Å²) in [5, 5.41) is 1.12. The molecular weight excluding hydrogens is 436 g/mol. The molecule has 3 aliphatic rings. The quantitative estimate of drug-likeness (QED) is 0.539. The number of pyridine rings is 1. The number of fused-ring (bicyclic) bond motifs is 1. The third-order valence-corrected chi connectivity index (χ3v) is 7.74. The molecule has 2 heterocycles. The van der Waals surface area contributed by atoms with Crippen molar-refractivity contribution in [3.63, 3.8) is 0 Å². The van der Waals surface area contributed by atoms with Crippen molar-refractivity contribution < 1.29 is 9.59 Å². The number of rotatable bonds is 7. The Morgan fingerprint density at radius 2 is 1.89 bits per heavy atom. The maximum Gasteiger partial charge on any atom is 0.225 e. The summed E-state index contributed by atoms with van der Waals surface area (Å²) in [6.07, 6.45) is 10.3. The van der Waals surface area contributed by atoms with E-state index in [2.05, 4.69) is 47.1 Å². The number of anilines is 1. The molecule has 6 nitrogen and oxygen atoms in total. The van der Waals surface area contributed by atoms with Gasteiger partial charge in [-0.15, -0.1) is 0 Å². The number of carbonyl (C=O) groups is 2. The summed E-state index contributed by atoms with van der Waals surface area (Å²) in [7, 11) is 0. The highest BCUT2D eigenvalue weighted by Crippen LogP contribution is 2.33. The molecule has 2 fully saturated rings. The molecule has 0 N–H and O–H groups in total. The monoisotopic (exact) mass is 474 g/mol. The van der Waals surface area contributed by atoms with Crippen molar-refractivity contribution in [2.24, 2.45) is 5.92 Å². The lowest BCUT2D eigenvalue weighted by Crippen LogP contribution is -2.48. The average Bonchev–Trinajstić information content (AvgIpc) is 3.72.